The second-order valence-electron chi connectivity index (χ2n) is 5.59. The quantitative estimate of drug-likeness (QED) is 0.693. The van der Waals surface area contributed by atoms with Gasteiger partial charge in [-0.1, -0.05) is 6.07 Å². The van der Waals surface area contributed by atoms with Crippen LogP contribution in [-0.4, -0.2) is 31.7 Å². The van der Waals surface area contributed by atoms with Crippen LogP contribution in [-0.2, 0) is 23.5 Å². The maximum atomic E-state index is 12.7. The zero-order valence-electron chi connectivity index (χ0n) is 13.8. The number of aliphatic hydroxyl groups is 1. The van der Waals surface area contributed by atoms with E-state index in [1.165, 1.54) is 0 Å². The molecule has 0 radical (unpaired) electrons. The summed E-state index contributed by atoms with van der Waals surface area (Å²) >= 11 is -1.35. The molecule has 7 heteroatoms. The lowest BCUT2D eigenvalue weighted by Gasteiger charge is -2.13. The molecule has 0 aliphatic carbocycles. The second kappa shape index (κ2) is 6.80. The molecule has 0 saturated carbocycles. The van der Waals surface area contributed by atoms with E-state index < -0.39 is 11.2 Å². The van der Waals surface area contributed by atoms with Crippen molar-refractivity contribution in [3.8, 4) is 5.75 Å². The largest absolute Gasteiger partial charge is 0.609 e. The lowest BCUT2D eigenvalue weighted by Crippen LogP contribution is -2.10. The van der Waals surface area contributed by atoms with Crippen molar-refractivity contribution in [2.75, 3.05) is 7.11 Å². The summed E-state index contributed by atoms with van der Waals surface area (Å²) in [6.07, 6.45) is 1.73. The van der Waals surface area contributed by atoms with Gasteiger partial charge in [0.1, 0.15) is 5.75 Å². The monoisotopic (exact) mass is 345 g/mol. The van der Waals surface area contributed by atoms with Crippen molar-refractivity contribution in [2.45, 2.75) is 31.4 Å². The van der Waals surface area contributed by atoms with E-state index in [2.05, 4.69) is 15.0 Å². The summed E-state index contributed by atoms with van der Waals surface area (Å²) in [5, 5.41) is 9.60. The summed E-state index contributed by atoms with van der Waals surface area (Å²) in [6, 6.07) is 5.42. The van der Waals surface area contributed by atoms with Crippen LogP contribution in [0.4, 0.5) is 0 Å². The molecule has 6 nitrogen and oxygen atoms in total. The van der Waals surface area contributed by atoms with Crippen LogP contribution in [0.25, 0.3) is 11.0 Å². The highest BCUT2D eigenvalue weighted by molar-refractivity contribution is 7.90. The number of pyridine rings is 1. The van der Waals surface area contributed by atoms with Crippen molar-refractivity contribution in [1.29, 1.82) is 0 Å². The second-order valence-corrected chi connectivity index (χ2v) is 6.95. The number of hydrogen-bond acceptors (Lipinski definition) is 5. The molecule has 1 unspecified atom stereocenters. The highest BCUT2D eigenvalue weighted by Gasteiger charge is 2.21. The third-order valence-electron chi connectivity index (χ3n) is 3.94. The molecule has 2 N–H and O–H groups in total. The highest BCUT2D eigenvalue weighted by Crippen LogP contribution is 2.26. The van der Waals surface area contributed by atoms with E-state index in [4.69, 9.17) is 4.74 Å². The van der Waals surface area contributed by atoms with Crippen molar-refractivity contribution in [3.05, 3.63) is 46.8 Å². The highest BCUT2D eigenvalue weighted by atomic mass is 32.2. The number of aliphatic hydroxyl groups excluding tert-OH is 1. The normalized spacial score (nSPS) is 12.5. The number of ether oxygens (including phenoxy) is 1. The van der Waals surface area contributed by atoms with Gasteiger partial charge in [0.05, 0.1) is 30.4 Å². The summed E-state index contributed by atoms with van der Waals surface area (Å²) < 4.78 is 18.1. The molecule has 2 heterocycles. The van der Waals surface area contributed by atoms with E-state index in [0.717, 1.165) is 33.7 Å². The summed E-state index contributed by atoms with van der Waals surface area (Å²) in [5.41, 5.74) is 4.83. The number of benzene rings is 1. The molecule has 3 rings (SSSR count). The molecular weight excluding hydrogens is 326 g/mol. The van der Waals surface area contributed by atoms with Crippen LogP contribution in [0.1, 0.15) is 22.4 Å². The Bertz CT molecular complexity index is 879. The Hall–Kier alpha value is -2.09. The van der Waals surface area contributed by atoms with Gasteiger partial charge in [0.15, 0.2) is 5.75 Å². The number of rotatable bonds is 5. The molecule has 2 aromatic heterocycles. The van der Waals surface area contributed by atoms with Gasteiger partial charge in [0, 0.05) is 28.5 Å². The van der Waals surface area contributed by atoms with Crippen molar-refractivity contribution in [2.24, 2.45) is 0 Å². The zero-order valence-corrected chi connectivity index (χ0v) is 14.6. The minimum atomic E-state index is -1.35. The molecule has 0 amide bonds. The van der Waals surface area contributed by atoms with Crippen LogP contribution in [0.5, 0.6) is 5.75 Å². The third-order valence-corrected chi connectivity index (χ3v) is 5.10. The molecule has 0 bridgehead atoms. The van der Waals surface area contributed by atoms with E-state index in [1.807, 2.05) is 26.0 Å². The van der Waals surface area contributed by atoms with Gasteiger partial charge in [-0.2, -0.15) is 4.98 Å². The van der Waals surface area contributed by atoms with Crippen LogP contribution in [0, 0.1) is 13.8 Å². The number of nitrogens with one attached hydrogen (secondary N) is 1. The van der Waals surface area contributed by atoms with Crippen LogP contribution in [0.3, 0.4) is 0 Å². The maximum Gasteiger partial charge on any atom is 0.322 e. The number of H-pyrrole nitrogens is 1. The summed E-state index contributed by atoms with van der Waals surface area (Å²) in [7, 11) is 1.62. The van der Waals surface area contributed by atoms with Gasteiger partial charge in [0.25, 0.3) is 0 Å². The van der Waals surface area contributed by atoms with Crippen LogP contribution in [0.15, 0.2) is 29.6 Å². The minimum absolute atomic E-state index is 0.0481. The van der Waals surface area contributed by atoms with E-state index in [9.17, 15) is 9.66 Å². The Morgan fingerprint density at radius 3 is 2.83 bits per heavy atom. The minimum Gasteiger partial charge on any atom is -0.609 e. The predicted octanol–water partition coefficient (Wildman–Crippen LogP) is 2.38. The zero-order chi connectivity index (χ0) is 17.3. The number of fused-ring (bicyclic) bond motifs is 1. The van der Waals surface area contributed by atoms with Crippen molar-refractivity contribution >= 4 is 22.2 Å². The molecule has 0 saturated heterocycles. The lowest BCUT2D eigenvalue weighted by molar-refractivity contribution is 0.282. The number of imidazole rings is 1. The number of aromatic nitrogens is 3. The number of nitrogens with zero attached hydrogens (tertiary/aromatic N) is 2. The topological polar surface area (TPSA) is 94.1 Å². The standard InChI is InChI=1S/C17H19N3O3S/c1-10-7-18-15(11(2)16(10)23-3)9-24(22)17-19-13-5-4-12(8-21)6-14(13)20-17/h4-7,21H,8-9H2,1-3H3,(H,19,20). The van der Waals surface area contributed by atoms with E-state index in [1.54, 1.807) is 19.4 Å². The third kappa shape index (κ3) is 3.10. The molecule has 0 fully saturated rings. The fraction of sp³-hybridized carbons (Fsp3) is 0.294. The average molecular weight is 345 g/mol. The Labute approximate surface area is 143 Å². The Morgan fingerprint density at radius 1 is 1.33 bits per heavy atom. The molecule has 1 aromatic carbocycles. The first-order valence-corrected chi connectivity index (χ1v) is 8.82. The van der Waals surface area contributed by atoms with Gasteiger partial charge in [-0.3, -0.25) is 9.97 Å². The first-order valence-electron chi connectivity index (χ1n) is 7.50. The molecule has 126 valence electrons. The van der Waals surface area contributed by atoms with Crippen molar-refractivity contribution < 1.29 is 14.4 Å². The number of aryl methyl sites for hydroxylation is 1. The van der Waals surface area contributed by atoms with E-state index in [0.29, 0.717) is 10.7 Å². The summed E-state index contributed by atoms with van der Waals surface area (Å²) in [5.74, 6) is 1.03. The van der Waals surface area contributed by atoms with Gasteiger partial charge in [0.2, 0.25) is 0 Å². The molecule has 1 atom stereocenters. The van der Waals surface area contributed by atoms with Gasteiger partial charge in [-0.05, 0) is 31.5 Å². The Balaban J connectivity index is 1.88. The maximum absolute atomic E-state index is 12.7. The first kappa shape index (κ1) is 16.8. The SMILES string of the molecule is COc1c(C)cnc(C[S+]([O-])c2nc3cc(CO)ccc3[nH]2)c1C. The smallest absolute Gasteiger partial charge is 0.322 e. The van der Waals surface area contributed by atoms with Gasteiger partial charge in [-0.25, -0.2) is 0 Å². The number of methoxy groups -OCH3 is 1. The Morgan fingerprint density at radius 2 is 2.12 bits per heavy atom. The predicted molar refractivity (Wildman–Crippen MR) is 92.4 cm³/mol. The molecule has 0 spiro atoms. The average Bonchev–Trinajstić information content (AvgIpc) is 3.01. The number of aromatic amines is 1. The van der Waals surface area contributed by atoms with Crippen LogP contribution >= 0.6 is 0 Å². The first-order chi connectivity index (χ1) is 11.5. The van der Waals surface area contributed by atoms with Crippen molar-refractivity contribution in [1.82, 2.24) is 15.0 Å². The molecular formula is C17H19N3O3S. The summed E-state index contributed by atoms with van der Waals surface area (Å²) in [6.45, 7) is 3.79. The lowest BCUT2D eigenvalue weighted by atomic mass is 10.1. The summed E-state index contributed by atoms with van der Waals surface area (Å²) in [4.78, 5) is 11.8. The van der Waals surface area contributed by atoms with E-state index in [-0.39, 0.29) is 12.4 Å². The van der Waals surface area contributed by atoms with Crippen molar-refractivity contribution in [3.63, 3.8) is 0 Å². The van der Waals surface area contributed by atoms with Crippen LogP contribution < -0.4 is 4.74 Å². The molecule has 24 heavy (non-hydrogen) atoms. The van der Waals surface area contributed by atoms with Gasteiger partial charge in [-0.15, -0.1) is 0 Å². The Kier molecular flexibility index (Phi) is 4.75. The van der Waals surface area contributed by atoms with Gasteiger partial charge < -0.3 is 14.4 Å². The van der Waals surface area contributed by atoms with Crippen LogP contribution in [0.2, 0.25) is 0 Å². The van der Waals surface area contributed by atoms with E-state index >= 15 is 0 Å². The molecule has 0 aliphatic rings. The van der Waals surface area contributed by atoms with Gasteiger partial charge >= 0.3 is 5.16 Å². The number of hydrogen-bond donors (Lipinski definition) is 2. The fourth-order valence-corrected chi connectivity index (χ4v) is 3.74. The molecule has 0 aliphatic heterocycles. The molecule has 3 aromatic rings. The fourth-order valence-electron chi connectivity index (χ4n) is 2.64.